The maximum Gasteiger partial charge on any atom is 0.257 e. The number of halogens is 1. The molecule has 0 unspecified atom stereocenters. The van der Waals surface area contributed by atoms with Crippen LogP contribution in [-0.4, -0.2) is 54.6 Å². The van der Waals surface area contributed by atoms with E-state index in [0.717, 1.165) is 0 Å². The fourth-order valence-corrected chi connectivity index (χ4v) is 2.79. The highest BCUT2D eigenvalue weighted by Crippen LogP contribution is 2.27. The lowest BCUT2D eigenvalue weighted by molar-refractivity contribution is -0.0246. The lowest BCUT2D eigenvalue weighted by Gasteiger charge is -2.33. The molecular weight excluding hydrogens is 327 g/mol. The van der Waals surface area contributed by atoms with Crippen LogP contribution in [0, 0.1) is 5.82 Å². The molecule has 0 saturated carbocycles. The second kappa shape index (κ2) is 7.43. The maximum absolute atomic E-state index is 13.6. The van der Waals surface area contributed by atoms with E-state index in [4.69, 9.17) is 9.47 Å². The Bertz CT molecular complexity index is 771. The first kappa shape index (κ1) is 17.1. The summed E-state index contributed by atoms with van der Waals surface area (Å²) in [5.74, 6) is 0.148. The summed E-state index contributed by atoms with van der Waals surface area (Å²) < 4.78 is 24.5. The molecule has 2 aromatic rings. The molecule has 0 spiro atoms. The van der Waals surface area contributed by atoms with Gasteiger partial charge in [0.1, 0.15) is 29.2 Å². The molecule has 0 radical (unpaired) electrons. The van der Waals surface area contributed by atoms with Crippen LogP contribution < -0.4 is 10.1 Å². The molecule has 1 fully saturated rings. The lowest BCUT2D eigenvalue weighted by Crippen LogP contribution is -2.42. The van der Waals surface area contributed by atoms with Crippen molar-refractivity contribution in [3.8, 4) is 5.75 Å². The predicted molar refractivity (Wildman–Crippen MR) is 89.1 cm³/mol. The van der Waals surface area contributed by atoms with Crippen molar-refractivity contribution in [3.05, 3.63) is 47.7 Å². The Morgan fingerprint density at radius 3 is 2.96 bits per heavy atom. The van der Waals surface area contributed by atoms with Crippen LogP contribution in [0.25, 0.3) is 0 Å². The first-order valence-corrected chi connectivity index (χ1v) is 7.87. The number of ether oxygens (including phenoxy) is 2. The topological polar surface area (TPSA) is 76.6 Å². The van der Waals surface area contributed by atoms with Crippen molar-refractivity contribution in [2.45, 2.75) is 6.10 Å². The normalized spacial score (nSPS) is 17.2. The van der Waals surface area contributed by atoms with E-state index in [1.165, 1.54) is 25.3 Å². The average Bonchev–Trinajstić information content (AvgIpc) is 2.67. The highest BCUT2D eigenvalue weighted by atomic mass is 19.1. The van der Waals surface area contributed by atoms with Crippen LogP contribution >= 0.6 is 0 Å². The number of carbonyl (C=O) groups is 1. The molecular formula is C17H19FN4O3. The number of nitrogens with one attached hydrogen (secondary N) is 1. The Morgan fingerprint density at radius 2 is 2.20 bits per heavy atom. The van der Waals surface area contributed by atoms with Crippen LogP contribution in [0.15, 0.2) is 30.6 Å². The number of rotatable bonds is 4. The summed E-state index contributed by atoms with van der Waals surface area (Å²) in [5.41, 5.74) is 0.824. The fourth-order valence-electron chi connectivity index (χ4n) is 2.79. The molecule has 1 aliphatic rings. The van der Waals surface area contributed by atoms with E-state index >= 15 is 0 Å². The molecule has 1 atom stereocenters. The molecule has 1 N–H and O–H groups in total. The van der Waals surface area contributed by atoms with Crippen molar-refractivity contribution >= 4 is 11.7 Å². The van der Waals surface area contributed by atoms with Crippen molar-refractivity contribution in [1.82, 2.24) is 14.9 Å². The molecule has 1 aliphatic heterocycles. The summed E-state index contributed by atoms with van der Waals surface area (Å²) in [7, 11) is 3.20. The third-order valence-corrected chi connectivity index (χ3v) is 4.01. The van der Waals surface area contributed by atoms with E-state index in [-0.39, 0.29) is 11.5 Å². The van der Waals surface area contributed by atoms with Gasteiger partial charge in [0.15, 0.2) is 0 Å². The molecule has 1 saturated heterocycles. The van der Waals surface area contributed by atoms with E-state index in [2.05, 4.69) is 15.3 Å². The van der Waals surface area contributed by atoms with Crippen LogP contribution in [0.2, 0.25) is 0 Å². The molecule has 0 bridgehead atoms. The van der Waals surface area contributed by atoms with E-state index < -0.39 is 11.9 Å². The largest absolute Gasteiger partial charge is 0.496 e. The van der Waals surface area contributed by atoms with Gasteiger partial charge in [-0.1, -0.05) is 0 Å². The summed E-state index contributed by atoms with van der Waals surface area (Å²) in [5, 5.41) is 2.97. The van der Waals surface area contributed by atoms with Gasteiger partial charge in [0.25, 0.3) is 5.91 Å². The highest BCUT2D eigenvalue weighted by Gasteiger charge is 2.30. The quantitative estimate of drug-likeness (QED) is 0.911. The monoisotopic (exact) mass is 346 g/mol. The Balaban J connectivity index is 1.84. The first-order valence-electron chi connectivity index (χ1n) is 7.87. The minimum Gasteiger partial charge on any atom is -0.496 e. The van der Waals surface area contributed by atoms with Gasteiger partial charge in [-0.15, -0.1) is 0 Å². The summed E-state index contributed by atoms with van der Waals surface area (Å²) in [6.07, 6.45) is 2.75. The molecule has 0 aliphatic carbocycles. The minimum absolute atomic E-state index is 0.191. The SMILES string of the molecule is CNc1nccnc1[C@H]1CN(C(=O)c2cc(F)ccc2OC)CCO1. The standard InChI is InChI=1S/C17H19FN4O3/c1-19-16-15(20-5-6-21-16)14-10-22(7-8-25-14)17(23)12-9-11(18)3-4-13(12)24-2/h3-6,9,14H,7-8,10H2,1-2H3,(H,19,21)/t14-/m1/s1. The van der Waals surface area contributed by atoms with Crippen LogP contribution in [0.3, 0.4) is 0 Å². The molecule has 1 amide bonds. The predicted octanol–water partition coefficient (Wildman–Crippen LogP) is 1.88. The second-order valence-electron chi connectivity index (χ2n) is 5.50. The summed E-state index contributed by atoms with van der Waals surface area (Å²) in [6.45, 7) is 1.06. The van der Waals surface area contributed by atoms with Gasteiger partial charge in [-0.2, -0.15) is 0 Å². The lowest BCUT2D eigenvalue weighted by atomic mass is 10.1. The molecule has 7 nitrogen and oxygen atoms in total. The van der Waals surface area contributed by atoms with Crippen molar-refractivity contribution in [2.75, 3.05) is 39.2 Å². The fraction of sp³-hybridized carbons (Fsp3) is 0.353. The molecule has 132 valence electrons. The number of amides is 1. The maximum atomic E-state index is 13.6. The van der Waals surface area contributed by atoms with Crippen molar-refractivity contribution < 1.29 is 18.7 Å². The van der Waals surface area contributed by atoms with E-state index in [0.29, 0.717) is 37.0 Å². The van der Waals surface area contributed by atoms with Gasteiger partial charge in [-0.25, -0.2) is 9.37 Å². The third-order valence-electron chi connectivity index (χ3n) is 4.01. The summed E-state index contributed by atoms with van der Waals surface area (Å²) >= 11 is 0. The number of carbonyl (C=O) groups excluding carboxylic acids is 1. The highest BCUT2D eigenvalue weighted by molar-refractivity contribution is 5.97. The molecule has 3 rings (SSSR count). The van der Waals surface area contributed by atoms with Crippen molar-refractivity contribution in [3.63, 3.8) is 0 Å². The van der Waals surface area contributed by atoms with Gasteiger partial charge >= 0.3 is 0 Å². The van der Waals surface area contributed by atoms with Gasteiger partial charge in [0.2, 0.25) is 0 Å². The zero-order valence-electron chi connectivity index (χ0n) is 14.0. The van der Waals surface area contributed by atoms with Crippen LogP contribution in [-0.2, 0) is 4.74 Å². The molecule has 1 aromatic carbocycles. The number of benzene rings is 1. The molecule has 1 aromatic heterocycles. The molecule has 8 heteroatoms. The van der Waals surface area contributed by atoms with E-state index in [1.807, 2.05) is 0 Å². The van der Waals surface area contributed by atoms with Gasteiger partial charge in [0.05, 0.1) is 25.8 Å². The summed E-state index contributed by atoms with van der Waals surface area (Å²) in [6, 6.07) is 3.89. The number of hydrogen-bond donors (Lipinski definition) is 1. The molecule has 2 heterocycles. The summed E-state index contributed by atoms with van der Waals surface area (Å²) in [4.78, 5) is 23.0. The Kier molecular flexibility index (Phi) is 5.08. The average molecular weight is 346 g/mol. The number of hydrogen-bond acceptors (Lipinski definition) is 6. The third kappa shape index (κ3) is 3.53. The Labute approximate surface area is 144 Å². The van der Waals surface area contributed by atoms with Crippen LogP contribution in [0.5, 0.6) is 5.75 Å². The number of aromatic nitrogens is 2. The Morgan fingerprint density at radius 1 is 1.40 bits per heavy atom. The van der Waals surface area contributed by atoms with Gasteiger partial charge in [0, 0.05) is 26.0 Å². The Hall–Kier alpha value is -2.74. The van der Waals surface area contributed by atoms with Crippen LogP contribution in [0.4, 0.5) is 10.2 Å². The van der Waals surface area contributed by atoms with Crippen molar-refractivity contribution in [2.24, 2.45) is 0 Å². The number of nitrogens with zero attached hydrogens (tertiary/aromatic N) is 3. The van der Waals surface area contributed by atoms with E-state index in [9.17, 15) is 9.18 Å². The van der Waals surface area contributed by atoms with Gasteiger partial charge in [-0.3, -0.25) is 9.78 Å². The number of morpholine rings is 1. The van der Waals surface area contributed by atoms with Crippen molar-refractivity contribution in [1.29, 1.82) is 0 Å². The smallest absolute Gasteiger partial charge is 0.257 e. The number of anilines is 1. The molecule has 25 heavy (non-hydrogen) atoms. The van der Waals surface area contributed by atoms with Gasteiger partial charge < -0.3 is 19.7 Å². The second-order valence-corrected chi connectivity index (χ2v) is 5.50. The zero-order chi connectivity index (χ0) is 17.8. The zero-order valence-corrected chi connectivity index (χ0v) is 14.0. The van der Waals surface area contributed by atoms with E-state index in [1.54, 1.807) is 24.3 Å². The van der Waals surface area contributed by atoms with Gasteiger partial charge in [-0.05, 0) is 18.2 Å². The number of methoxy groups -OCH3 is 1. The van der Waals surface area contributed by atoms with Crippen LogP contribution in [0.1, 0.15) is 22.2 Å². The minimum atomic E-state index is -0.486. The first-order chi connectivity index (χ1) is 12.1.